The van der Waals surface area contributed by atoms with Crippen molar-refractivity contribution in [2.24, 2.45) is 0 Å². The van der Waals surface area contributed by atoms with Gasteiger partial charge in [0.15, 0.2) is 0 Å². The molecule has 2 heterocycles. The zero-order valence-electron chi connectivity index (χ0n) is 24.9. The van der Waals surface area contributed by atoms with Crippen molar-refractivity contribution in [2.45, 2.75) is 0 Å². The van der Waals surface area contributed by atoms with Crippen LogP contribution in [-0.2, 0) is 0 Å². The molecule has 0 saturated carbocycles. The van der Waals surface area contributed by atoms with E-state index in [9.17, 15) is 5.26 Å². The van der Waals surface area contributed by atoms with Gasteiger partial charge in [0.05, 0.1) is 33.7 Å². The highest BCUT2D eigenvalue weighted by molar-refractivity contribution is 6.19. The summed E-state index contributed by atoms with van der Waals surface area (Å²) in [6, 6.07) is 60.1. The van der Waals surface area contributed by atoms with Crippen LogP contribution in [0, 0.1) is 11.3 Å². The Morgan fingerprint density at radius 2 is 0.870 bits per heavy atom. The summed E-state index contributed by atoms with van der Waals surface area (Å²) < 4.78 is 4.80. The standard InChI is InChI=1S/C43H27N3/c44-28-30-13-4-5-18-33(30)29-14-10-17-32(27-29)46-41-26-9-7-20-35(41)37-22-12-24-39(43(37)46)38-23-11-21-36-34-19-6-8-25-40(34)45(42(36)38)31-15-2-1-3-16-31/h1-27H. The Morgan fingerprint density at radius 1 is 0.391 bits per heavy atom. The third-order valence-electron chi connectivity index (χ3n) is 9.16. The van der Waals surface area contributed by atoms with E-state index >= 15 is 0 Å². The molecule has 3 nitrogen and oxygen atoms in total. The summed E-state index contributed by atoms with van der Waals surface area (Å²) in [7, 11) is 0. The fourth-order valence-corrected chi connectivity index (χ4v) is 7.23. The van der Waals surface area contributed by atoms with Gasteiger partial charge < -0.3 is 9.13 Å². The summed E-state index contributed by atoms with van der Waals surface area (Å²) in [6.07, 6.45) is 0. The van der Waals surface area contributed by atoms with Crippen LogP contribution in [0.15, 0.2) is 164 Å². The Balaban J connectivity index is 1.40. The molecule has 7 aromatic carbocycles. The van der Waals surface area contributed by atoms with Crippen LogP contribution in [0.5, 0.6) is 0 Å². The van der Waals surface area contributed by atoms with Crippen molar-refractivity contribution in [3.8, 4) is 39.7 Å². The Bertz CT molecular complexity index is 2650. The predicted octanol–water partition coefficient (Wildman–Crippen LogP) is 11.1. The monoisotopic (exact) mass is 585 g/mol. The molecule has 0 radical (unpaired) electrons. The summed E-state index contributed by atoms with van der Waals surface area (Å²) in [5.41, 5.74) is 11.8. The molecular weight excluding hydrogens is 558 g/mol. The van der Waals surface area contributed by atoms with Gasteiger partial charge in [-0.2, -0.15) is 5.26 Å². The second kappa shape index (κ2) is 10.4. The summed E-state index contributed by atoms with van der Waals surface area (Å²) in [5.74, 6) is 0. The molecule has 0 bridgehead atoms. The van der Waals surface area contributed by atoms with Gasteiger partial charge in [0.2, 0.25) is 0 Å². The van der Waals surface area contributed by atoms with Crippen LogP contribution in [0.4, 0.5) is 0 Å². The average Bonchev–Trinajstić information content (AvgIpc) is 3.65. The maximum atomic E-state index is 9.86. The van der Waals surface area contributed by atoms with Crippen LogP contribution in [0.2, 0.25) is 0 Å². The highest BCUT2D eigenvalue weighted by Crippen LogP contribution is 2.43. The first-order valence-electron chi connectivity index (χ1n) is 15.5. The number of benzene rings is 7. The number of hydrogen-bond acceptors (Lipinski definition) is 1. The lowest BCUT2D eigenvalue weighted by Crippen LogP contribution is -1.98. The Morgan fingerprint density at radius 3 is 1.52 bits per heavy atom. The number of rotatable bonds is 4. The van der Waals surface area contributed by atoms with Crippen LogP contribution < -0.4 is 0 Å². The second-order valence-electron chi connectivity index (χ2n) is 11.7. The fourth-order valence-electron chi connectivity index (χ4n) is 7.23. The topological polar surface area (TPSA) is 33.6 Å². The largest absolute Gasteiger partial charge is 0.309 e. The number of aromatic nitrogens is 2. The van der Waals surface area contributed by atoms with Crippen LogP contribution >= 0.6 is 0 Å². The van der Waals surface area contributed by atoms with E-state index in [0.717, 1.165) is 33.5 Å². The van der Waals surface area contributed by atoms with Crippen molar-refractivity contribution in [3.63, 3.8) is 0 Å². The molecule has 0 aliphatic carbocycles. The Kier molecular flexibility index (Phi) is 5.88. The van der Waals surface area contributed by atoms with Gasteiger partial charge in [0.1, 0.15) is 0 Å². The van der Waals surface area contributed by atoms with E-state index in [1.165, 1.54) is 43.7 Å². The van der Waals surface area contributed by atoms with Crippen molar-refractivity contribution in [1.82, 2.24) is 9.13 Å². The molecule has 0 unspecified atom stereocenters. The van der Waals surface area contributed by atoms with E-state index < -0.39 is 0 Å². The molecule has 0 N–H and O–H groups in total. The van der Waals surface area contributed by atoms with E-state index in [0.29, 0.717) is 5.56 Å². The Labute approximate surface area is 266 Å². The average molecular weight is 586 g/mol. The highest BCUT2D eigenvalue weighted by atomic mass is 15.0. The van der Waals surface area contributed by atoms with E-state index in [4.69, 9.17) is 0 Å². The molecule has 0 amide bonds. The lowest BCUT2D eigenvalue weighted by molar-refractivity contribution is 1.17. The maximum absolute atomic E-state index is 9.86. The molecule has 0 spiro atoms. The molecule has 9 rings (SSSR count). The third-order valence-corrected chi connectivity index (χ3v) is 9.16. The van der Waals surface area contributed by atoms with Crippen molar-refractivity contribution >= 4 is 43.6 Å². The smallest absolute Gasteiger partial charge is 0.0998 e. The fraction of sp³-hybridized carbons (Fsp3) is 0. The number of nitrogens with zero attached hydrogens (tertiary/aromatic N) is 3. The molecule has 0 atom stereocenters. The molecule has 9 aromatic rings. The van der Waals surface area contributed by atoms with E-state index in [1.807, 2.05) is 24.3 Å². The third kappa shape index (κ3) is 3.84. The van der Waals surface area contributed by atoms with Gasteiger partial charge in [-0.3, -0.25) is 0 Å². The number of fused-ring (bicyclic) bond motifs is 6. The summed E-state index contributed by atoms with van der Waals surface area (Å²) in [4.78, 5) is 0. The van der Waals surface area contributed by atoms with Gasteiger partial charge in [-0.1, -0.05) is 121 Å². The summed E-state index contributed by atoms with van der Waals surface area (Å²) in [6.45, 7) is 0. The number of nitriles is 1. The minimum atomic E-state index is 0.669. The van der Waals surface area contributed by atoms with Crippen molar-refractivity contribution < 1.29 is 0 Å². The highest BCUT2D eigenvalue weighted by Gasteiger charge is 2.21. The van der Waals surface area contributed by atoms with Gasteiger partial charge in [0, 0.05) is 44.0 Å². The van der Waals surface area contributed by atoms with E-state index in [2.05, 4.69) is 155 Å². The molecule has 0 fully saturated rings. The molecule has 0 saturated heterocycles. The normalized spacial score (nSPS) is 11.5. The quantitative estimate of drug-likeness (QED) is 0.202. The minimum Gasteiger partial charge on any atom is -0.309 e. The first-order chi connectivity index (χ1) is 22.8. The van der Waals surface area contributed by atoms with Gasteiger partial charge >= 0.3 is 0 Å². The number of hydrogen-bond donors (Lipinski definition) is 0. The molecule has 2 aromatic heterocycles. The zero-order chi connectivity index (χ0) is 30.6. The SMILES string of the molecule is N#Cc1ccccc1-c1cccc(-n2c3ccccc3c3cccc(-c4cccc5c6ccccc6n(-c6ccccc6)c45)c32)c1. The van der Waals surface area contributed by atoms with E-state index in [1.54, 1.807) is 0 Å². The van der Waals surface area contributed by atoms with Crippen LogP contribution in [0.1, 0.15) is 5.56 Å². The lowest BCUT2D eigenvalue weighted by atomic mass is 9.98. The van der Waals surface area contributed by atoms with Crippen LogP contribution in [-0.4, -0.2) is 9.13 Å². The van der Waals surface area contributed by atoms with Gasteiger partial charge in [0.25, 0.3) is 0 Å². The minimum absolute atomic E-state index is 0.669. The predicted molar refractivity (Wildman–Crippen MR) is 191 cm³/mol. The van der Waals surface area contributed by atoms with Crippen LogP contribution in [0.3, 0.4) is 0 Å². The maximum Gasteiger partial charge on any atom is 0.0998 e. The van der Waals surface area contributed by atoms with Crippen molar-refractivity contribution in [3.05, 3.63) is 169 Å². The molecular formula is C43H27N3. The van der Waals surface area contributed by atoms with Crippen molar-refractivity contribution in [1.29, 1.82) is 5.26 Å². The molecule has 3 heteroatoms. The van der Waals surface area contributed by atoms with Gasteiger partial charge in [-0.15, -0.1) is 0 Å². The summed E-state index contributed by atoms with van der Waals surface area (Å²) in [5, 5.41) is 14.7. The first-order valence-corrected chi connectivity index (χ1v) is 15.5. The van der Waals surface area contributed by atoms with Crippen LogP contribution in [0.25, 0.3) is 77.2 Å². The second-order valence-corrected chi connectivity index (χ2v) is 11.7. The first kappa shape index (κ1) is 26.1. The molecule has 214 valence electrons. The van der Waals surface area contributed by atoms with E-state index in [-0.39, 0.29) is 0 Å². The molecule has 0 aliphatic heterocycles. The zero-order valence-corrected chi connectivity index (χ0v) is 24.9. The number of para-hydroxylation sites is 5. The van der Waals surface area contributed by atoms with Crippen molar-refractivity contribution in [2.75, 3.05) is 0 Å². The lowest BCUT2D eigenvalue weighted by Gasteiger charge is -2.15. The molecule has 46 heavy (non-hydrogen) atoms. The van der Waals surface area contributed by atoms with Gasteiger partial charge in [-0.05, 0) is 53.6 Å². The molecule has 0 aliphatic rings. The van der Waals surface area contributed by atoms with Gasteiger partial charge in [-0.25, -0.2) is 0 Å². The Hall–Kier alpha value is -6.37. The summed E-state index contributed by atoms with van der Waals surface area (Å²) >= 11 is 0.